The lowest BCUT2D eigenvalue weighted by Gasteiger charge is -2.12. The summed E-state index contributed by atoms with van der Waals surface area (Å²) in [4.78, 5) is 23.3. The number of carbonyl (C=O) groups is 2. The zero-order valence-corrected chi connectivity index (χ0v) is 12.9. The summed E-state index contributed by atoms with van der Waals surface area (Å²) in [5.74, 6) is -2.48. The van der Waals surface area contributed by atoms with Crippen molar-refractivity contribution in [3.05, 3.63) is 28.5 Å². The second kappa shape index (κ2) is 7.31. The number of anilines is 1. The standard InChI is InChI=1S/C14H15BrFN3O2/c15-9-6-7-12(11(16)8-9)17-13(20)14(21)19-18-10-4-2-1-3-5-10/h6-8H,1-5H2,(H,17,20)(H,19,21). The molecule has 0 atom stereocenters. The molecule has 0 spiro atoms. The highest BCUT2D eigenvalue weighted by molar-refractivity contribution is 9.10. The highest BCUT2D eigenvalue weighted by Crippen LogP contribution is 2.19. The number of nitrogens with zero attached hydrogens (tertiary/aromatic N) is 1. The third-order valence-corrected chi connectivity index (χ3v) is 3.63. The number of hydrogen-bond acceptors (Lipinski definition) is 3. The van der Waals surface area contributed by atoms with Gasteiger partial charge in [0, 0.05) is 10.2 Å². The topological polar surface area (TPSA) is 70.6 Å². The predicted molar refractivity (Wildman–Crippen MR) is 81.4 cm³/mol. The number of hydrazone groups is 1. The minimum Gasteiger partial charge on any atom is -0.315 e. The summed E-state index contributed by atoms with van der Waals surface area (Å²) in [7, 11) is 0. The highest BCUT2D eigenvalue weighted by Gasteiger charge is 2.16. The van der Waals surface area contributed by atoms with E-state index in [2.05, 4.69) is 31.8 Å². The molecule has 112 valence electrons. The van der Waals surface area contributed by atoms with Crippen molar-refractivity contribution in [3.8, 4) is 0 Å². The molecule has 0 unspecified atom stereocenters. The van der Waals surface area contributed by atoms with Gasteiger partial charge in [-0.25, -0.2) is 9.82 Å². The predicted octanol–water partition coefficient (Wildman–Crippen LogP) is 2.96. The first-order valence-corrected chi connectivity index (χ1v) is 7.47. The zero-order valence-electron chi connectivity index (χ0n) is 11.3. The van der Waals surface area contributed by atoms with Crippen molar-refractivity contribution in [3.63, 3.8) is 0 Å². The molecule has 21 heavy (non-hydrogen) atoms. The van der Waals surface area contributed by atoms with Crippen LogP contribution in [0.3, 0.4) is 0 Å². The molecule has 1 aromatic carbocycles. The Balaban J connectivity index is 1.91. The lowest BCUT2D eigenvalue weighted by atomic mass is 9.99. The van der Waals surface area contributed by atoms with E-state index in [1.807, 2.05) is 0 Å². The number of nitrogens with one attached hydrogen (secondary N) is 2. The summed E-state index contributed by atoms with van der Waals surface area (Å²) in [6.45, 7) is 0. The van der Waals surface area contributed by atoms with E-state index in [-0.39, 0.29) is 5.69 Å². The first-order valence-electron chi connectivity index (χ1n) is 6.68. The van der Waals surface area contributed by atoms with Crippen molar-refractivity contribution in [2.45, 2.75) is 32.1 Å². The van der Waals surface area contributed by atoms with Crippen LogP contribution < -0.4 is 10.7 Å². The van der Waals surface area contributed by atoms with E-state index in [4.69, 9.17) is 0 Å². The molecule has 1 aromatic rings. The molecule has 0 aliphatic heterocycles. The summed E-state index contributed by atoms with van der Waals surface area (Å²) in [6, 6.07) is 4.15. The lowest BCUT2D eigenvalue weighted by Crippen LogP contribution is -2.33. The summed E-state index contributed by atoms with van der Waals surface area (Å²) < 4.78 is 14.1. The summed E-state index contributed by atoms with van der Waals surface area (Å²) >= 11 is 3.11. The molecule has 0 radical (unpaired) electrons. The van der Waals surface area contributed by atoms with Crippen molar-refractivity contribution in [1.29, 1.82) is 0 Å². The van der Waals surface area contributed by atoms with Crippen molar-refractivity contribution >= 4 is 39.1 Å². The number of carbonyl (C=O) groups excluding carboxylic acids is 2. The number of benzene rings is 1. The van der Waals surface area contributed by atoms with Crippen LogP contribution in [0.1, 0.15) is 32.1 Å². The van der Waals surface area contributed by atoms with Gasteiger partial charge in [0.2, 0.25) is 0 Å². The summed E-state index contributed by atoms with van der Waals surface area (Å²) in [5, 5.41) is 6.15. The molecule has 2 N–H and O–H groups in total. The molecule has 0 aromatic heterocycles. The molecular formula is C14H15BrFN3O2. The first-order chi connectivity index (χ1) is 10.1. The van der Waals surface area contributed by atoms with Gasteiger partial charge in [-0.05, 0) is 43.9 Å². The SMILES string of the molecule is O=C(NN=C1CCCCC1)C(=O)Nc1ccc(Br)cc1F. The Hall–Kier alpha value is -1.76. The molecule has 1 fully saturated rings. The van der Waals surface area contributed by atoms with Gasteiger partial charge >= 0.3 is 11.8 Å². The van der Waals surface area contributed by atoms with Gasteiger partial charge in [-0.2, -0.15) is 5.10 Å². The van der Waals surface area contributed by atoms with Crippen molar-refractivity contribution < 1.29 is 14.0 Å². The second-order valence-electron chi connectivity index (χ2n) is 4.76. The van der Waals surface area contributed by atoms with Gasteiger partial charge in [0.1, 0.15) is 5.82 Å². The van der Waals surface area contributed by atoms with E-state index in [1.165, 1.54) is 12.1 Å². The summed E-state index contributed by atoms with van der Waals surface area (Å²) in [5.41, 5.74) is 3.04. The van der Waals surface area contributed by atoms with Crippen LogP contribution in [-0.4, -0.2) is 17.5 Å². The van der Waals surface area contributed by atoms with Gasteiger partial charge in [-0.3, -0.25) is 9.59 Å². The minimum absolute atomic E-state index is 0.0522. The van der Waals surface area contributed by atoms with E-state index in [1.54, 1.807) is 6.07 Å². The molecule has 0 saturated heterocycles. The van der Waals surface area contributed by atoms with Crippen LogP contribution in [0, 0.1) is 5.82 Å². The molecule has 1 saturated carbocycles. The molecular weight excluding hydrogens is 341 g/mol. The van der Waals surface area contributed by atoms with Gasteiger partial charge in [0.25, 0.3) is 0 Å². The van der Waals surface area contributed by atoms with Crippen LogP contribution in [0.25, 0.3) is 0 Å². The molecule has 1 aliphatic carbocycles. The van der Waals surface area contributed by atoms with Gasteiger partial charge in [-0.15, -0.1) is 0 Å². The maximum Gasteiger partial charge on any atom is 0.329 e. The van der Waals surface area contributed by atoms with Gasteiger partial charge in [0.05, 0.1) is 5.69 Å². The maximum absolute atomic E-state index is 13.5. The summed E-state index contributed by atoms with van der Waals surface area (Å²) in [6.07, 6.45) is 4.93. The molecule has 2 amide bonds. The Kier molecular flexibility index (Phi) is 5.44. The molecule has 2 rings (SSSR count). The van der Waals surface area contributed by atoms with Crippen molar-refractivity contribution in [2.24, 2.45) is 5.10 Å². The normalized spacial score (nSPS) is 14.5. The number of halogens is 2. The smallest absolute Gasteiger partial charge is 0.315 e. The monoisotopic (exact) mass is 355 g/mol. The third kappa shape index (κ3) is 4.63. The Labute approximate surface area is 130 Å². The lowest BCUT2D eigenvalue weighted by molar-refractivity contribution is -0.136. The van der Waals surface area contributed by atoms with E-state index < -0.39 is 17.6 Å². The van der Waals surface area contributed by atoms with Crippen LogP contribution in [-0.2, 0) is 9.59 Å². The molecule has 1 aliphatic rings. The largest absolute Gasteiger partial charge is 0.329 e. The fourth-order valence-corrected chi connectivity index (χ4v) is 2.36. The van der Waals surface area contributed by atoms with Crippen molar-refractivity contribution in [2.75, 3.05) is 5.32 Å². The molecule has 0 heterocycles. The molecule has 0 bridgehead atoms. The van der Waals surface area contributed by atoms with Crippen LogP contribution >= 0.6 is 15.9 Å². The van der Waals surface area contributed by atoms with Gasteiger partial charge in [0.15, 0.2) is 0 Å². The number of rotatable bonds is 2. The Morgan fingerprint density at radius 3 is 2.52 bits per heavy atom. The number of hydrogen-bond donors (Lipinski definition) is 2. The maximum atomic E-state index is 13.5. The minimum atomic E-state index is -0.948. The molecule has 5 nitrogen and oxygen atoms in total. The van der Waals surface area contributed by atoms with Crippen LogP contribution in [0.15, 0.2) is 27.8 Å². The quantitative estimate of drug-likeness (QED) is 0.632. The average Bonchev–Trinajstić information content (AvgIpc) is 2.48. The van der Waals surface area contributed by atoms with Gasteiger partial charge in [-0.1, -0.05) is 22.4 Å². The fourth-order valence-electron chi connectivity index (χ4n) is 2.02. The Bertz CT molecular complexity index is 582. The second-order valence-corrected chi connectivity index (χ2v) is 5.67. The highest BCUT2D eigenvalue weighted by atomic mass is 79.9. The first kappa shape index (κ1) is 15.6. The molecule has 7 heteroatoms. The number of amides is 2. The van der Waals surface area contributed by atoms with E-state index in [0.29, 0.717) is 4.47 Å². The van der Waals surface area contributed by atoms with Crippen LogP contribution in [0.4, 0.5) is 10.1 Å². The zero-order chi connectivity index (χ0) is 15.2. The van der Waals surface area contributed by atoms with Crippen molar-refractivity contribution in [1.82, 2.24) is 5.43 Å². The Morgan fingerprint density at radius 2 is 1.86 bits per heavy atom. The van der Waals surface area contributed by atoms with E-state index in [9.17, 15) is 14.0 Å². The van der Waals surface area contributed by atoms with Crippen LogP contribution in [0.2, 0.25) is 0 Å². The van der Waals surface area contributed by atoms with Crippen LogP contribution in [0.5, 0.6) is 0 Å². The third-order valence-electron chi connectivity index (χ3n) is 3.13. The van der Waals surface area contributed by atoms with Gasteiger partial charge < -0.3 is 5.32 Å². The Morgan fingerprint density at radius 1 is 1.14 bits per heavy atom. The average molecular weight is 356 g/mol. The van der Waals surface area contributed by atoms with E-state index >= 15 is 0 Å². The van der Waals surface area contributed by atoms with E-state index in [0.717, 1.165) is 37.8 Å². The fraction of sp³-hybridized carbons (Fsp3) is 0.357.